The van der Waals surface area contributed by atoms with Crippen molar-refractivity contribution in [1.82, 2.24) is 59.8 Å². The van der Waals surface area contributed by atoms with E-state index in [0.717, 1.165) is 95.6 Å². The number of primary amides is 1. The molecule has 0 spiro atoms. The maximum absolute atomic E-state index is 15.9. The van der Waals surface area contributed by atoms with Crippen LogP contribution in [-0.4, -0.2) is 189 Å². The third-order valence-corrected chi connectivity index (χ3v) is 18.8. The highest BCUT2D eigenvalue weighted by molar-refractivity contribution is 6.01. The van der Waals surface area contributed by atoms with E-state index in [2.05, 4.69) is 57.8 Å². The van der Waals surface area contributed by atoms with Gasteiger partial charge in [-0.05, 0) is 144 Å². The van der Waals surface area contributed by atoms with Crippen molar-refractivity contribution in [2.24, 2.45) is 23.5 Å². The summed E-state index contributed by atoms with van der Waals surface area (Å²) in [6.07, 6.45) is 12.7. The molecule has 90 heavy (non-hydrogen) atoms. The molecule has 6 amide bonds. The predicted molar refractivity (Wildman–Crippen MR) is 334 cm³/mol. The fourth-order valence-corrected chi connectivity index (χ4v) is 13.7. The van der Waals surface area contributed by atoms with Crippen molar-refractivity contribution in [3.63, 3.8) is 0 Å². The van der Waals surface area contributed by atoms with Gasteiger partial charge in [-0.15, -0.1) is 0 Å². The maximum Gasteiger partial charge on any atom is 0.325 e. The summed E-state index contributed by atoms with van der Waals surface area (Å²) in [5.74, 6) is -1.30. The Labute approximate surface area is 521 Å². The standard InChI is InChI=1S/C65H80FN15O9/c1-41-60-49(7-6-8-52(60)80(74-41)40-56(83)68-37-55(82)69-38-59(86)90-2)50-34-53-47(33-51(50)66)35-71-81(53)58(85)14-13-57(84)77-27-15-42(16-28-77)39-75-25-17-45(18-26-75)64(88)79-31-21-46(22-32-79)65(89)78-29-19-44(20-30-78)43-9-11-48(12-10-43)72-63-61(62(67)87)70-36-54(73-63)76-23-4-3-5-24-76/h6-12,33-36,42,44-46H,3-5,13-32,37-40H2,1-2H3,(H2,67,87)(H,68,83)(H,69,82)(H,72,73). The number of ether oxygens (including phenoxy) is 1. The van der Waals surface area contributed by atoms with Gasteiger partial charge in [0, 0.05) is 106 Å². The van der Waals surface area contributed by atoms with Crippen molar-refractivity contribution in [3.8, 4) is 11.1 Å². The van der Waals surface area contributed by atoms with Crippen LogP contribution in [0.2, 0.25) is 0 Å². The topological polar surface area (TPSA) is 286 Å². The van der Waals surface area contributed by atoms with Crippen LogP contribution in [0.15, 0.2) is 67.0 Å². The van der Waals surface area contributed by atoms with Crippen LogP contribution in [0.25, 0.3) is 32.9 Å². The Bertz CT molecular complexity index is 3650. The van der Waals surface area contributed by atoms with Crippen LogP contribution in [0.3, 0.4) is 0 Å². The Kier molecular flexibility index (Phi) is 19.7. The number of nitrogens with one attached hydrogen (secondary N) is 3. The molecule has 0 radical (unpaired) electrons. The Balaban J connectivity index is 0.581. The van der Waals surface area contributed by atoms with E-state index in [-0.39, 0.29) is 73.3 Å². The van der Waals surface area contributed by atoms with Crippen molar-refractivity contribution in [2.75, 3.05) is 102 Å². The van der Waals surface area contributed by atoms with Crippen LogP contribution >= 0.6 is 0 Å². The lowest BCUT2D eigenvalue weighted by Crippen LogP contribution is -2.49. The zero-order chi connectivity index (χ0) is 63.0. The van der Waals surface area contributed by atoms with E-state index < -0.39 is 35.4 Å². The SMILES string of the molecule is COC(=O)CNC(=O)CNC(=O)Cn1nc(C)c2c(-c3cc4c(cnn4C(=O)CCC(=O)N4CCC(CN5CCC(C(=O)N6CCC(C(=O)N7CCC(c8ccc(Nc9nc(N%10CCCCC%10)cnc9C(N)=O)cc8)CC7)CC6)CC5)CC4)cc3F)cccc21. The number of methoxy groups -OCH3 is 1. The molecule has 0 saturated carbocycles. The molecular formula is C65H80FN15O9. The largest absolute Gasteiger partial charge is 0.468 e. The number of halogens is 1. The first-order valence-electron chi connectivity index (χ1n) is 31.7. The van der Waals surface area contributed by atoms with Gasteiger partial charge in [-0.2, -0.15) is 10.2 Å². The van der Waals surface area contributed by atoms with E-state index in [4.69, 9.17) is 10.7 Å². The van der Waals surface area contributed by atoms with Crippen molar-refractivity contribution in [3.05, 3.63) is 89.8 Å². The number of piperidine rings is 5. The van der Waals surface area contributed by atoms with Crippen LogP contribution in [0.5, 0.6) is 0 Å². The highest BCUT2D eigenvalue weighted by atomic mass is 19.1. The van der Waals surface area contributed by atoms with Crippen LogP contribution in [0.4, 0.5) is 21.7 Å². The number of nitrogens with zero attached hydrogens (tertiary/aromatic N) is 11. The first-order chi connectivity index (χ1) is 43.6. The molecule has 11 rings (SSSR count). The van der Waals surface area contributed by atoms with Gasteiger partial charge in [-0.25, -0.2) is 19.0 Å². The van der Waals surface area contributed by atoms with Gasteiger partial charge in [0.15, 0.2) is 11.5 Å². The molecule has 5 aliphatic rings. The second-order valence-corrected chi connectivity index (χ2v) is 24.6. The van der Waals surface area contributed by atoms with Crippen molar-refractivity contribution in [1.29, 1.82) is 0 Å². The number of fused-ring (bicyclic) bond motifs is 2. The molecule has 5 fully saturated rings. The average molecular weight is 1230 g/mol. The number of rotatable bonds is 19. The second kappa shape index (κ2) is 28.3. The van der Waals surface area contributed by atoms with Gasteiger partial charge >= 0.3 is 5.97 Å². The van der Waals surface area contributed by atoms with Gasteiger partial charge < -0.3 is 50.9 Å². The summed E-state index contributed by atoms with van der Waals surface area (Å²) in [4.78, 5) is 123. The minimum atomic E-state index is -0.639. The number of esters is 1. The Morgan fingerprint density at radius 2 is 1.32 bits per heavy atom. The highest BCUT2D eigenvalue weighted by Crippen LogP contribution is 2.37. The quantitative estimate of drug-likeness (QED) is 0.0724. The number of carbonyl (C=O) groups excluding carboxylic acids is 8. The summed E-state index contributed by atoms with van der Waals surface area (Å²) in [7, 11) is 1.20. The molecule has 0 atom stereocenters. The fourth-order valence-electron chi connectivity index (χ4n) is 13.7. The van der Waals surface area contributed by atoms with Crippen LogP contribution < -0.4 is 26.6 Å². The van der Waals surface area contributed by atoms with E-state index in [1.807, 2.05) is 26.8 Å². The maximum atomic E-state index is 15.9. The van der Waals surface area contributed by atoms with Gasteiger partial charge in [-0.3, -0.25) is 43.0 Å². The van der Waals surface area contributed by atoms with Gasteiger partial charge in [0.25, 0.3) is 5.91 Å². The normalized spacial score (nSPS) is 17.6. The van der Waals surface area contributed by atoms with Crippen LogP contribution in [-0.2, 0) is 40.0 Å². The lowest BCUT2D eigenvalue weighted by Gasteiger charge is -2.40. The number of carbonyl (C=O) groups is 8. The summed E-state index contributed by atoms with van der Waals surface area (Å²) in [5, 5.41) is 18.0. The minimum Gasteiger partial charge on any atom is -0.468 e. The first kappa shape index (κ1) is 62.7. The van der Waals surface area contributed by atoms with Crippen LogP contribution in [0.1, 0.15) is 116 Å². The number of aryl methyl sites for hydroxylation is 1. The summed E-state index contributed by atoms with van der Waals surface area (Å²) in [5.41, 5.74) is 9.88. The molecule has 0 bridgehead atoms. The molecule has 25 heteroatoms. The van der Waals surface area contributed by atoms with Crippen molar-refractivity contribution in [2.45, 2.75) is 103 Å². The Hall–Kier alpha value is -8.87. The number of anilines is 3. The van der Waals surface area contributed by atoms with Gasteiger partial charge in [-0.1, -0.05) is 24.3 Å². The number of aromatic nitrogens is 6. The summed E-state index contributed by atoms with van der Waals surface area (Å²) < 4.78 is 23.1. The number of nitrogens with two attached hydrogens (primary N) is 1. The third-order valence-electron chi connectivity index (χ3n) is 18.8. The van der Waals surface area contributed by atoms with E-state index >= 15 is 4.39 Å². The van der Waals surface area contributed by atoms with Crippen LogP contribution in [0, 0.1) is 30.5 Å². The van der Waals surface area contributed by atoms with Gasteiger partial charge in [0.1, 0.15) is 24.7 Å². The number of hydrogen-bond acceptors (Lipinski definition) is 16. The Morgan fingerprint density at radius 1 is 0.678 bits per heavy atom. The summed E-state index contributed by atoms with van der Waals surface area (Å²) in [6, 6.07) is 16.2. The number of hydrogen-bond donors (Lipinski definition) is 4. The van der Waals surface area contributed by atoms with Gasteiger partial charge in [0.05, 0.1) is 42.8 Å². The molecular weight excluding hydrogens is 1150 g/mol. The first-order valence-corrected chi connectivity index (χ1v) is 31.7. The zero-order valence-corrected chi connectivity index (χ0v) is 51.3. The monoisotopic (exact) mass is 1230 g/mol. The minimum absolute atomic E-state index is 0.00424. The molecule has 8 heterocycles. The van der Waals surface area contributed by atoms with Gasteiger partial charge in [0.2, 0.25) is 35.4 Å². The Morgan fingerprint density at radius 3 is 2.00 bits per heavy atom. The molecule has 5 saturated heterocycles. The third kappa shape index (κ3) is 14.6. The lowest BCUT2D eigenvalue weighted by atomic mass is 9.87. The van der Waals surface area contributed by atoms with Crippen molar-refractivity contribution >= 4 is 86.4 Å². The molecule has 0 aliphatic carbocycles. The van der Waals surface area contributed by atoms with E-state index in [1.165, 1.54) is 40.7 Å². The molecule has 3 aromatic heterocycles. The number of amides is 6. The molecule has 3 aromatic carbocycles. The smallest absolute Gasteiger partial charge is 0.325 e. The summed E-state index contributed by atoms with van der Waals surface area (Å²) >= 11 is 0. The average Bonchev–Trinajstić information content (AvgIpc) is 3.80. The van der Waals surface area contributed by atoms with E-state index in [0.29, 0.717) is 103 Å². The molecule has 6 aromatic rings. The number of likely N-dealkylation sites (tertiary alicyclic amines) is 4. The lowest BCUT2D eigenvalue weighted by molar-refractivity contribution is -0.144. The predicted octanol–water partition coefficient (Wildman–Crippen LogP) is 5.54. The zero-order valence-electron chi connectivity index (χ0n) is 51.3. The fraction of sp³-hybridized carbons (Fsp3) is 0.508. The molecule has 24 nitrogen and oxygen atoms in total. The molecule has 5 aliphatic heterocycles. The summed E-state index contributed by atoms with van der Waals surface area (Å²) in [6.45, 7) is 8.99. The van der Waals surface area contributed by atoms with E-state index in [1.54, 1.807) is 37.4 Å². The van der Waals surface area contributed by atoms with E-state index in [9.17, 15) is 38.4 Å². The van der Waals surface area contributed by atoms with Crippen molar-refractivity contribution < 1.29 is 47.5 Å². The molecule has 5 N–H and O–H groups in total. The number of benzene rings is 3. The molecule has 476 valence electrons. The highest BCUT2D eigenvalue weighted by Gasteiger charge is 2.36. The second-order valence-electron chi connectivity index (χ2n) is 24.6. The molecule has 0 unspecified atom stereocenters.